The van der Waals surface area contributed by atoms with Gasteiger partial charge >= 0.3 is 0 Å². The molecule has 0 aromatic carbocycles. The van der Waals surface area contributed by atoms with Gasteiger partial charge in [-0.3, -0.25) is 0 Å². The molecule has 6 aromatic heterocycles. The molecule has 0 bridgehead atoms. The van der Waals surface area contributed by atoms with Gasteiger partial charge in [-0.05, 0) is 176 Å². The van der Waals surface area contributed by atoms with E-state index >= 15 is 0 Å². The second-order valence-corrected chi connectivity index (χ2v) is 26.3. The molecule has 0 spiro atoms. The summed E-state index contributed by atoms with van der Waals surface area (Å²) in [5.41, 5.74) is 5.13. The van der Waals surface area contributed by atoms with Gasteiger partial charge in [0.25, 0.3) is 0 Å². The molecule has 444 valence electrons. The van der Waals surface area contributed by atoms with Crippen molar-refractivity contribution in [2.75, 3.05) is 0 Å². The molecule has 6 rings (SSSR count). The number of aryl methyl sites for hydroxylation is 4. The highest BCUT2D eigenvalue weighted by Gasteiger charge is 2.26. The molecule has 3 atom stereocenters. The van der Waals surface area contributed by atoms with Gasteiger partial charge in [0.15, 0.2) is 0 Å². The number of hydrogen-bond donors (Lipinski definition) is 0. The minimum atomic E-state index is 0.531. The van der Waals surface area contributed by atoms with E-state index in [1.807, 2.05) is 44.8 Å². The van der Waals surface area contributed by atoms with E-state index in [0.29, 0.717) is 101 Å². The van der Waals surface area contributed by atoms with Gasteiger partial charge in [0.05, 0.1) is 25.1 Å². The van der Waals surface area contributed by atoms with Crippen LogP contribution in [0.5, 0.6) is 0 Å². The van der Waals surface area contributed by atoms with Crippen molar-refractivity contribution in [1.82, 2.24) is 0 Å². The fourth-order valence-corrected chi connectivity index (χ4v) is 10.9. The Hall–Kier alpha value is -4.32. The van der Waals surface area contributed by atoms with E-state index < -0.39 is 0 Å². The zero-order chi connectivity index (χ0) is 59.9. The zero-order valence-electron chi connectivity index (χ0n) is 55.6. The molecule has 0 amide bonds. The van der Waals surface area contributed by atoms with Gasteiger partial charge in [-0.2, -0.15) is 0 Å². The molecule has 6 heterocycles. The first-order chi connectivity index (χ1) is 36.3. The Kier molecular flexibility index (Phi) is 32.6. The Balaban J connectivity index is 0.000000469. The van der Waals surface area contributed by atoms with Gasteiger partial charge in [0, 0.05) is 35.5 Å². The molecule has 6 heteroatoms. The predicted molar refractivity (Wildman–Crippen MR) is 336 cm³/mol. The van der Waals surface area contributed by atoms with Crippen LogP contribution in [0.4, 0.5) is 0 Å². The van der Waals surface area contributed by atoms with Crippen molar-refractivity contribution in [2.45, 2.75) is 261 Å². The molecule has 0 saturated heterocycles. The summed E-state index contributed by atoms with van der Waals surface area (Å²) in [6, 6.07) is 16.9. The first-order valence-electron chi connectivity index (χ1n) is 30.7. The van der Waals surface area contributed by atoms with Gasteiger partial charge < -0.3 is 26.5 Å². The van der Waals surface area contributed by atoms with Crippen molar-refractivity contribution in [1.29, 1.82) is 0 Å². The van der Waals surface area contributed by atoms with Crippen LogP contribution in [-0.2, 0) is 0 Å². The van der Waals surface area contributed by atoms with E-state index in [1.165, 1.54) is 22.3 Å². The van der Waals surface area contributed by atoms with E-state index in [1.54, 1.807) is 6.26 Å². The van der Waals surface area contributed by atoms with Crippen molar-refractivity contribution < 1.29 is 26.5 Å². The van der Waals surface area contributed by atoms with Gasteiger partial charge in [-0.1, -0.05) is 173 Å². The molecular weight excluding hydrogens is 961 g/mol. The van der Waals surface area contributed by atoms with E-state index in [0.717, 1.165) is 58.9 Å². The summed E-state index contributed by atoms with van der Waals surface area (Å²) in [6.45, 7) is 64.1. The molecular formula is C72H120O6. The molecule has 0 aliphatic heterocycles. The van der Waals surface area contributed by atoms with Crippen LogP contribution in [-0.4, -0.2) is 0 Å². The SMILES string of the molecule is CC(C)C(c1ccco1)C(C)C.CC(C)c1coc(C(C(C)C)C(C)C)c1.CC[C@H](c1cc(C(C)C)co1)C(C)C.CC[C@H](c1cc(C)co1)C(C)C.Cc1cc(C(C(C)C)C(C)C)oc1C.Cc1ccc([C@@H](C)C(C)C)o1. The van der Waals surface area contributed by atoms with Crippen molar-refractivity contribution >= 4 is 0 Å². The highest BCUT2D eigenvalue weighted by atomic mass is 16.4. The lowest BCUT2D eigenvalue weighted by Gasteiger charge is -2.22. The van der Waals surface area contributed by atoms with Crippen LogP contribution in [0, 0.1) is 81.0 Å². The lowest BCUT2D eigenvalue weighted by atomic mass is 9.83. The Morgan fingerprint density at radius 2 is 0.769 bits per heavy atom. The maximum Gasteiger partial charge on any atom is 0.108 e. The smallest absolute Gasteiger partial charge is 0.108 e. The second kappa shape index (κ2) is 35.4. The first-order valence-corrected chi connectivity index (χ1v) is 30.7. The standard InChI is InChI=1S/C14H24O.2C13H22O.2C11H18O.C10H16O/c1-9(2)12-7-13(15-8-12)14(10(3)4)11(5)6;1-8(2)13(9(3)4)12-7-10(5)11(6)14-12;1-6-12(10(4)5)13-7-11(8-14-13)9(2)3;1-8(2)11(9(3)4)10-6-5-7-12-10;1-5-10(8(2)3)11-6-9(4)7-12-11;1-7(2)9(4)10-6-5-8(3)11-10/h7-11,14H,1-6H3;7-9,13H,1-6H3;7-10,12H,6H2,1-5H3;5-9,11H,1-4H3;6-8,10H,5H2,1-4H3;5-7,9H,1-4H3/t;;12-;;10-;9-/m..0.00/s1. The maximum absolute atomic E-state index is 5.80. The minimum absolute atomic E-state index is 0.531. The highest BCUT2D eigenvalue weighted by molar-refractivity contribution is 5.23. The molecule has 0 saturated carbocycles. The normalized spacial score (nSPS) is 13.0. The summed E-state index contributed by atoms with van der Waals surface area (Å²) in [4.78, 5) is 0. The lowest BCUT2D eigenvalue weighted by molar-refractivity contribution is 0.319. The third-order valence-electron chi connectivity index (χ3n) is 15.8. The third-order valence-corrected chi connectivity index (χ3v) is 15.8. The summed E-state index contributed by atoms with van der Waals surface area (Å²) in [7, 11) is 0. The number of hydrogen-bond acceptors (Lipinski definition) is 6. The molecule has 0 aliphatic rings. The molecule has 0 N–H and O–H groups in total. The average Bonchev–Trinajstić information content (AvgIpc) is 4.20. The maximum atomic E-state index is 5.80. The van der Waals surface area contributed by atoms with E-state index in [2.05, 4.69) is 223 Å². The van der Waals surface area contributed by atoms with Crippen LogP contribution in [0.25, 0.3) is 0 Å². The zero-order valence-corrected chi connectivity index (χ0v) is 55.6. The average molecular weight is 1080 g/mol. The summed E-state index contributed by atoms with van der Waals surface area (Å²) < 4.78 is 33.6. The van der Waals surface area contributed by atoms with Crippen molar-refractivity contribution in [3.05, 3.63) is 142 Å². The van der Waals surface area contributed by atoms with Crippen LogP contribution >= 0.6 is 0 Å². The topological polar surface area (TPSA) is 78.8 Å². The van der Waals surface area contributed by atoms with Gasteiger partial charge in [-0.25, -0.2) is 0 Å². The fourth-order valence-electron chi connectivity index (χ4n) is 10.9. The molecule has 0 radical (unpaired) electrons. The quantitative estimate of drug-likeness (QED) is 0.0804. The number of rotatable bonds is 19. The Bertz CT molecular complexity index is 2350. The summed E-state index contributed by atoms with van der Waals surface area (Å²) in [5, 5.41) is 0. The third kappa shape index (κ3) is 23.8. The van der Waals surface area contributed by atoms with Crippen LogP contribution < -0.4 is 0 Å². The van der Waals surface area contributed by atoms with Crippen molar-refractivity contribution in [3.63, 3.8) is 0 Å². The number of furan rings is 6. The second-order valence-electron chi connectivity index (χ2n) is 26.3. The molecule has 0 fully saturated rings. The van der Waals surface area contributed by atoms with Crippen molar-refractivity contribution in [3.8, 4) is 0 Å². The Labute approximate surface area is 480 Å². The van der Waals surface area contributed by atoms with Gasteiger partial charge in [-0.15, -0.1) is 0 Å². The van der Waals surface area contributed by atoms with E-state index in [9.17, 15) is 0 Å². The highest BCUT2D eigenvalue weighted by Crippen LogP contribution is 2.37. The van der Waals surface area contributed by atoms with Gasteiger partial charge in [0.2, 0.25) is 0 Å². The monoisotopic (exact) mass is 1080 g/mol. The largest absolute Gasteiger partial charge is 0.469 e. The van der Waals surface area contributed by atoms with E-state index in [4.69, 9.17) is 26.5 Å². The van der Waals surface area contributed by atoms with E-state index in [-0.39, 0.29) is 0 Å². The van der Waals surface area contributed by atoms with Crippen LogP contribution in [0.15, 0.2) is 100 Å². The van der Waals surface area contributed by atoms with Crippen LogP contribution in [0.3, 0.4) is 0 Å². The molecule has 6 aromatic rings. The Morgan fingerprint density at radius 1 is 0.359 bits per heavy atom. The fraction of sp³-hybridized carbons (Fsp3) is 0.667. The first kappa shape index (κ1) is 71.7. The van der Waals surface area contributed by atoms with Crippen LogP contribution in [0.1, 0.15) is 302 Å². The summed E-state index contributed by atoms with van der Waals surface area (Å²) in [5.74, 6) is 19.2. The van der Waals surface area contributed by atoms with Crippen molar-refractivity contribution in [2.24, 2.45) is 53.3 Å². The summed E-state index contributed by atoms with van der Waals surface area (Å²) in [6.07, 6.45) is 9.73. The summed E-state index contributed by atoms with van der Waals surface area (Å²) >= 11 is 0. The molecule has 0 unspecified atom stereocenters. The van der Waals surface area contributed by atoms with Crippen LogP contribution in [0.2, 0.25) is 0 Å². The lowest BCUT2D eigenvalue weighted by Crippen LogP contribution is -2.12. The molecule has 0 aliphatic carbocycles. The molecule has 78 heavy (non-hydrogen) atoms. The Morgan fingerprint density at radius 3 is 1.08 bits per heavy atom. The predicted octanol–water partition coefficient (Wildman–Crippen LogP) is 24.4. The molecule has 6 nitrogen and oxygen atoms in total. The van der Waals surface area contributed by atoms with Gasteiger partial charge in [0.1, 0.15) is 46.1 Å². The minimum Gasteiger partial charge on any atom is -0.469 e.